The van der Waals surface area contributed by atoms with Crippen LogP contribution in [-0.2, 0) is 16.8 Å². The fourth-order valence-corrected chi connectivity index (χ4v) is 0. The van der Waals surface area contributed by atoms with Crippen LogP contribution in [0.15, 0.2) is 0 Å². The van der Waals surface area contributed by atoms with Crippen LogP contribution in [-0.4, -0.2) is 47.9 Å². The zero-order chi connectivity index (χ0) is 7.15. The molecule has 0 saturated heterocycles. The first-order valence-electron chi connectivity index (χ1n) is 1.10. The van der Waals surface area contributed by atoms with Crippen molar-refractivity contribution in [3.8, 4) is 0 Å². The van der Waals surface area contributed by atoms with Gasteiger partial charge in [0.2, 0.25) is 0 Å². The van der Waals surface area contributed by atoms with Crippen molar-refractivity contribution < 1.29 is 27.0 Å². The van der Waals surface area contributed by atoms with Gasteiger partial charge in [-0.25, -0.2) is 0 Å². The normalized spacial score (nSPS) is 4.80. The van der Waals surface area contributed by atoms with Gasteiger partial charge in [-0.2, -0.15) is 0 Å². The summed E-state index contributed by atoms with van der Waals surface area (Å²) in [6.45, 7) is 0. The second-order valence-electron chi connectivity index (χ2n) is 0.447. The number of nitrogens with zero attached hydrogens (tertiary/aromatic N) is 2. The van der Waals surface area contributed by atoms with Crippen molar-refractivity contribution in [3.63, 3.8) is 0 Å². The summed E-state index contributed by atoms with van der Waals surface area (Å²) >= 11 is 0. The van der Waals surface area contributed by atoms with Crippen molar-refractivity contribution in [2.45, 2.75) is 0 Å². The predicted octanol–water partition coefficient (Wildman–Crippen LogP) is -0.862. The molecule has 0 spiro atoms. The van der Waals surface area contributed by atoms with Crippen molar-refractivity contribution in [1.29, 1.82) is 0 Å². The molecule has 0 aromatic heterocycles. The Labute approximate surface area is 94.6 Å². The maximum Gasteiger partial charge on any atom is 2.00 e. The topological polar surface area (TPSA) is 132 Å². The summed E-state index contributed by atoms with van der Waals surface area (Å²) in [6.07, 6.45) is 0. The molecule has 10 heteroatoms. The minimum absolute atomic E-state index is 0. The van der Waals surface area contributed by atoms with E-state index in [1.54, 1.807) is 0 Å². The molecule has 0 atom stereocenters. The van der Waals surface area contributed by atoms with Gasteiger partial charge in [0.15, 0.2) is 0 Å². The van der Waals surface area contributed by atoms with Gasteiger partial charge < -0.3 is 30.6 Å². The van der Waals surface area contributed by atoms with Crippen LogP contribution in [0.4, 0.5) is 0 Å². The molecule has 0 aliphatic carbocycles. The molecule has 0 aliphatic rings. The third-order valence-corrected chi connectivity index (χ3v) is 0. The molecular formula is CaCoN2O6. The van der Waals surface area contributed by atoms with Gasteiger partial charge in [-0.05, 0) is 0 Å². The quantitative estimate of drug-likeness (QED) is 0.298. The number of rotatable bonds is 0. The molecule has 0 unspecified atom stereocenters. The summed E-state index contributed by atoms with van der Waals surface area (Å²) in [6, 6.07) is 0. The molecule has 57 valence electrons. The molecule has 10 heavy (non-hydrogen) atoms. The molecule has 1 radical (unpaired) electrons. The van der Waals surface area contributed by atoms with E-state index in [-0.39, 0.29) is 54.5 Å². The molecular weight excluding hydrogens is 223 g/mol. The summed E-state index contributed by atoms with van der Waals surface area (Å²) in [4.78, 5) is 16.5. The number of hydrogen-bond acceptors (Lipinski definition) is 6. The smallest absolute Gasteiger partial charge is 0.356 e. The summed E-state index contributed by atoms with van der Waals surface area (Å²) in [7, 11) is 0. The van der Waals surface area contributed by atoms with E-state index in [4.69, 9.17) is 30.6 Å². The molecule has 0 fully saturated rings. The summed E-state index contributed by atoms with van der Waals surface area (Å²) < 4.78 is 0. The Morgan fingerprint density at radius 1 is 0.800 bits per heavy atom. The van der Waals surface area contributed by atoms with Crippen molar-refractivity contribution in [2.75, 3.05) is 0 Å². The van der Waals surface area contributed by atoms with Crippen LogP contribution in [0.25, 0.3) is 0 Å². The molecule has 0 N–H and O–H groups in total. The van der Waals surface area contributed by atoms with Gasteiger partial charge in [0, 0.05) is 16.8 Å². The van der Waals surface area contributed by atoms with Gasteiger partial charge in [0.05, 0.1) is 10.2 Å². The van der Waals surface area contributed by atoms with E-state index < -0.39 is 10.2 Å². The van der Waals surface area contributed by atoms with E-state index in [0.717, 1.165) is 0 Å². The fourth-order valence-electron chi connectivity index (χ4n) is 0. The monoisotopic (exact) mass is 223 g/mol. The minimum Gasteiger partial charge on any atom is -0.356 e. The van der Waals surface area contributed by atoms with Crippen LogP contribution in [0.2, 0.25) is 0 Å². The molecule has 0 aromatic rings. The molecule has 0 aromatic carbocycles. The van der Waals surface area contributed by atoms with Crippen molar-refractivity contribution in [3.05, 3.63) is 30.6 Å². The van der Waals surface area contributed by atoms with E-state index in [1.807, 2.05) is 0 Å². The van der Waals surface area contributed by atoms with Crippen LogP contribution in [0.5, 0.6) is 0 Å². The Balaban J connectivity index is -0.0000000300. The van der Waals surface area contributed by atoms with Gasteiger partial charge >= 0.3 is 37.7 Å². The molecule has 8 nitrogen and oxygen atoms in total. The molecule has 0 aliphatic heterocycles. The summed E-state index contributed by atoms with van der Waals surface area (Å²) in [5.41, 5.74) is 0. The molecule has 0 rings (SSSR count). The second-order valence-corrected chi connectivity index (χ2v) is 0.447. The average Bonchev–Trinajstić information content (AvgIpc) is 1.25. The SMILES string of the molecule is O=[N+]([O-])[O-].O=[N+]([O-])[O-].[Ca+2].[Co]. The first-order valence-corrected chi connectivity index (χ1v) is 1.10. The second kappa shape index (κ2) is 16.1. The summed E-state index contributed by atoms with van der Waals surface area (Å²) in [5.74, 6) is 0. The van der Waals surface area contributed by atoms with Crippen LogP contribution < -0.4 is 0 Å². The molecule has 0 amide bonds. The Bertz CT molecular complexity index is 73.7. The van der Waals surface area contributed by atoms with Gasteiger partial charge in [0.25, 0.3) is 0 Å². The fraction of sp³-hybridized carbons (Fsp3) is 0. The van der Waals surface area contributed by atoms with E-state index in [2.05, 4.69) is 0 Å². The molecule has 0 bridgehead atoms. The zero-order valence-electron chi connectivity index (χ0n) is 4.38. The Morgan fingerprint density at radius 3 is 0.800 bits per heavy atom. The van der Waals surface area contributed by atoms with E-state index in [1.165, 1.54) is 0 Å². The van der Waals surface area contributed by atoms with Crippen molar-refractivity contribution in [1.82, 2.24) is 0 Å². The third-order valence-electron chi connectivity index (χ3n) is 0. The standard InChI is InChI=1S/Ca.Co.2NO3/c;;2*2-1(3)4/q+2;;2*-1. The van der Waals surface area contributed by atoms with E-state index >= 15 is 0 Å². The largest absolute Gasteiger partial charge is 2.00 e. The van der Waals surface area contributed by atoms with Crippen molar-refractivity contribution >= 4 is 37.7 Å². The van der Waals surface area contributed by atoms with Crippen LogP contribution in [0, 0.1) is 30.6 Å². The zero-order valence-corrected chi connectivity index (χ0v) is 7.63. The first-order chi connectivity index (χ1) is 3.46. The maximum atomic E-state index is 8.25. The summed E-state index contributed by atoms with van der Waals surface area (Å²) in [5, 5.41) is 29.5. The van der Waals surface area contributed by atoms with E-state index in [9.17, 15) is 0 Å². The average molecular weight is 223 g/mol. The first kappa shape index (κ1) is 22.5. The Morgan fingerprint density at radius 2 is 0.800 bits per heavy atom. The number of hydrogen-bond donors (Lipinski definition) is 0. The maximum absolute atomic E-state index is 8.25. The molecule has 0 heterocycles. The van der Waals surface area contributed by atoms with Crippen molar-refractivity contribution in [2.24, 2.45) is 0 Å². The Hall–Kier alpha value is 0.166. The van der Waals surface area contributed by atoms with Gasteiger partial charge in [-0.1, -0.05) is 0 Å². The van der Waals surface area contributed by atoms with Crippen LogP contribution in [0.1, 0.15) is 0 Å². The van der Waals surface area contributed by atoms with Crippen LogP contribution in [0.3, 0.4) is 0 Å². The Kier molecular flexibility index (Phi) is 36.1. The van der Waals surface area contributed by atoms with E-state index in [0.29, 0.717) is 0 Å². The van der Waals surface area contributed by atoms with Gasteiger partial charge in [-0.3, -0.25) is 0 Å². The minimum atomic E-state index is -1.75. The molecule has 0 saturated carbocycles. The van der Waals surface area contributed by atoms with Gasteiger partial charge in [-0.15, -0.1) is 0 Å². The third kappa shape index (κ3) is 15200. The predicted molar refractivity (Wildman–Crippen MR) is 26.5 cm³/mol. The van der Waals surface area contributed by atoms with Gasteiger partial charge in [0.1, 0.15) is 0 Å². The van der Waals surface area contributed by atoms with Crippen LogP contribution >= 0.6 is 0 Å².